The van der Waals surface area contributed by atoms with Gasteiger partial charge in [0.25, 0.3) is 0 Å². The van der Waals surface area contributed by atoms with Gasteiger partial charge in [-0.05, 0) is 54.8 Å². The van der Waals surface area contributed by atoms with E-state index < -0.39 is 5.97 Å². The van der Waals surface area contributed by atoms with Crippen molar-refractivity contribution in [3.05, 3.63) is 64.4 Å². The van der Waals surface area contributed by atoms with Crippen LogP contribution in [0, 0.1) is 11.3 Å². The number of ether oxygens (including phenoxy) is 2. The Morgan fingerprint density at radius 2 is 2.00 bits per heavy atom. The minimum atomic E-state index is -0.525. The van der Waals surface area contributed by atoms with Crippen molar-refractivity contribution < 1.29 is 14.3 Å². The summed E-state index contributed by atoms with van der Waals surface area (Å²) in [6.07, 6.45) is 1.75. The molecule has 0 spiro atoms. The summed E-state index contributed by atoms with van der Waals surface area (Å²) < 4.78 is 11.3. The number of halogens is 1. The van der Waals surface area contributed by atoms with Crippen molar-refractivity contribution in [2.24, 2.45) is 5.92 Å². The number of esters is 1. The Labute approximate surface area is 220 Å². The number of carbonyl (C=O) groups is 1. The quantitative estimate of drug-likeness (QED) is 0.224. The van der Waals surface area contributed by atoms with Gasteiger partial charge in [-0.2, -0.15) is 0 Å². The zero-order valence-electron chi connectivity index (χ0n) is 21.3. The second-order valence-electron chi connectivity index (χ2n) is 8.52. The van der Waals surface area contributed by atoms with Gasteiger partial charge in [0.1, 0.15) is 11.6 Å². The molecule has 2 N–H and O–H groups in total. The van der Waals surface area contributed by atoms with E-state index in [1.54, 1.807) is 26.3 Å². The van der Waals surface area contributed by atoms with Crippen molar-refractivity contribution in [2.75, 3.05) is 44.1 Å². The van der Waals surface area contributed by atoms with Gasteiger partial charge in [0, 0.05) is 53.9 Å². The third kappa shape index (κ3) is 6.67. The topological polar surface area (TPSA) is 100 Å². The van der Waals surface area contributed by atoms with Crippen LogP contribution in [0.4, 0.5) is 17.3 Å². The number of methoxy groups -OCH3 is 1. The molecule has 0 saturated heterocycles. The van der Waals surface area contributed by atoms with Crippen LogP contribution in [-0.4, -0.2) is 55.6 Å². The first-order valence-corrected chi connectivity index (χ1v) is 12.5. The number of aromatic nitrogens is 2. The highest BCUT2D eigenvalue weighted by Gasteiger charge is 2.23. The summed E-state index contributed by atoms with van der Waals surface area (Å²) in [6, 6.07) is 13.2. The van der Waals surface area contributed by atoms with E-state index >= 15 is 0 Å². The molecule has 2 heterocycles. The summed E-state index contributed by atoms with van der Waals surface area (Å²) in [6.45, 7) is 7.20. The fourth-order valence-corrected chi connectivity index (χ4v) is 3.95. The van der Waals surface area contributed by atoms with Gasteiger partial charge in [-0.25, -0.2) is 14.8 Å². The lowest BCUT2D eigenvalue weighted by atomic mass is 9.92. The molecule has 0 atom stereocenters. The van der Waals surface area contributed by atoms with Crippen molar-refractivity contribution in [3.63, 3.8) is 0 Å². The number of rotatable bonds is 11. The number of nitrogens with zero attached hydrogens (tertiary/aromatic N) is 3. The Kier molecular flexibility index (Phi) is 9.55. The van der Waals surface area contributed by atoms with E-state index in [1.165, 1.54) is 0 Å². The Morgan fingerprint density at radius 3 is 2.61 bits per heavy atom. The predicted octanol–water partition coefficient (Wildman–Crippen LogP) is 5.93. The van der Waals surface area contributed by atoms with Gasteiger partial charge < -0.3 is 25.1 Å². The molecule has 3 rings (SSSR count). The monoisotopic (exact) mass is 553 g/mol. The average molecular weight is 554 g/mol. The van der Waals surface area contributed by atoms with Crippen LogP contribution >= 0.6 is 15.9 Å². The Balaban J connectivity index is 2.18. The van der Waals surface area contributed by atoms with Crippen LogP contribution in [0.1, 0.15) is 36.8 Å². The second-order valence-corrected chi connectivity index (χ2v) is 9.44. The van der Waals surface area contributed by atoms with Gasteiger partial charge in [0.15, 0.2) is 5.69 Å². The molecule has 0 aliphatic carbocycles. The molecule has 9 heteroatoms. The molecule has 3 aromatic rings. The molecule has 36 heavy (non-hydrogen) atoms. The third-order valence-corrected chi connectivity index (χ3v) is 6.01. The van der Waals surface area contributed by atoms with Crippen molar-refractivity contribution in [3.8, 4) is 11.1 Å². The summed E-state index contributed by atoms with van der Waals surface area (Å²) in [5.74, 6) is 0.606. The van der Waals surface area contributed by atoms with E-state index in [0.29, 0.717) is 35.8 Å². The van der Waals surface area contributed by atoms with Crippen LogP contribution < -0.4 is 10.2 Å². The fourth-order valence-electron chi connectivity index (χ4n) is 3.55. The van der Waals surface area contributed by atoms with E-state index in [-0.39, 0.29) is 18.2 Å². The first kappa shape index (κ1) is 27.3. The Morgan fingerprint density at radius 1 is 1.22 bits per heavy atom. The summed E-state index contributed by atoms with van der Waals surface area (Å²) in [7, 11) is 3.62. The zero-order valence-corrected chi connectivity index (χ0v) is 22.8. The number of hydrogen-bond acceptors (Lipinski definition) is 8. The van der Waals surface area contributed by atoms with Gasteiger partial charge in [-0.15, -0.1) is 0 Å². The van der Waals surface area contributed by atoms with E-state index in [4.69, 9.17) is 14.9 Å². The third-order valence-electron chi connectivity index (χ3n) is 5.52. The molecular formula is C27H32BrN5O3. The highest BCUT2D eigenvalue weighted by molar-refractivity contribution is 9.10. The summed E-state index contributed by atoms with van der Waals surface area (Å²) in [4.78, 5) is 24.0. The molecule has 0 aliphatic heterocycles. The number of anilines is 3. The molecule has 0 fully saturated rings. The fraction of sp³-hybridized carbons (Fsp3) is 0.333. The Hall–Kier alpha value is -3.30. The van der Waals surface area contributed by atoms with Crippen molar-refractivity contribution in [1.82, 2.24) is 9.97 Å². The van der Waals surface area contributed by atoms with Gasteiger partial charge in [-0.3, -0.25) is 0 Å². The molecule has 0 radical (unpaired) electrons. The van der Waals surface area contributed by atoms with Crippen LogP contribution in [0.2, 0.25) is 0 Å². The van der Waals surface area contributed by atoms with Crippen LogP contribution in [0.15, 0.2) is 53.1 Å². The SMILES string of the molecule is CCOC(=O)c1cc(-c2ccc(N(C)CCOC)nc2)c(C(=N)C(C)C)c(Nc2cccc(Br)c2)n1. The summed E-state index contributed by atoms with van der Waals surface area (Å²) >= 11 is 3.49. The highest BCUT2D eigenvalue weighted by atomic mass is 79.9. The molecule has 190 valence electrons. The lowest BCUT2D eigenvalue weighted by Gasteiger charge is -2.21. The predicted molar refractivity (Wildman–Crippen MR) is 148 cm³/mol. The van der Waals surface area contributed by atoms with Gasteiger partial charge in [0.2, 0.25) is 0 Å². The highest BCUT2D eigenvalue weighted by Crippen LogP contribution is 2.34. The number of benzene rings is 1. The largest absolute Gasteiger partial charge is 0.461 e. The zero-order chi connectivity index (χ0) is 26.2. The first-order valence-electron chi connectivity index (χ1n) is 11.7. The molecule has 1 aromatic carbocycles. The molecule has 2 aromatic heterocycles. The molecule has 0 bridgehead atoms. The van der Waals surface area contributed by atoms with Crippen LogP contribution in [0.25, 0.3) is 11.1 Å². The van der Waals surface area contributed by atoms with E-state index in [0.717, 1.165) is 21.5 Å². The summed E-state index contributed by atoms with van der Waals surface area (Å²) in [5, 5.41) is 12.2. The van der Waals surface area contributed by atoms with Crippen LogP contribution in [-0.2, 0) is 9.47 Å². The van der Waals surface area contributed by atoms with Crippen LogP contribution in [0.3, 0.4) is 0 Å². The molecule has 0 amide bonds. The molecule has 0 aliphatic rings. The number of pyridine rings is 2. The lowest BCUT2D eigenvalue weighted by Crippen LogP contribution is -2.22. The molecular weight excluding hydrogens is 522 g/mol. The smallest absolute Gasteiger partial charge is 0.357 e. The van der Waals surface area contributed by atoms with Crippen molar-refractivity contribution >= 4 is 44.9 Å². The number of carbonyl (C=O) groups excluding carboxylic acids is 1. The second kappa shape index (κ2) is 12.6. The minimum absolute atomic E-state index is 0.0746. The van der Waals surface area contributed by atoms with E-state index in [1.807, 2.05) is 62.2 Å². The number of nitrogens with one attached hydrogen (secondary N) is 2. The molecule has 8 nitrogen and oxygen atoms in total. The average Bonchev–Trinajstić information content (AvgIpc) is 2.86. The maximum absolute atomic E-state index is 12.7. The van der Waals surface area contributed by atoms with Gasteiger partial charge in [0.05, 0.1) is 13.2 Å². The van der Waals surface area contributed by atoms with E-state index in [9.17, 15) is 4.79 Å². The van der Waals surface area contributed by atoms with Gasteiger partial charge in [-0.1, -0.05) is 35.8 Å². The maximum atomic E-state index is 12.7. The number of likely N-dealkylation sites (N-methyl/N-ethyl adjacent to an activating group) is 1. The summed E-state index contributed by atoms with van der Waals surface area (Å²) in [5.41, 5.74) is 3.39. The minimum Gasteiger partial charge on any atom is -0.461 e. The molecule has 0 unspecified atom stereocenters. The molecule has 0 saturated carbocycles. The van der Waals surface area contributed by atoms with Gasteiger partial charge >= 0.3 is 5.97 Å². The first-order chi connectivity index (χ1) is 17.2. The van der Waals surface area contributed by atoms with Crippen LogP contribution in [0.5, 0.6) is 0 Å². The Bertz CT molecular complexity index is 1210. The van der Waals surface area contributed by atoms with Crippen molar-refractivity contribution in [1.29, 1.82) is 5.41 Å². The standard InChI is InChI=1S/C27H32BrN5O3/c1-6-36-27(34)22-15-21(18-10-11-23(30-16-18)33(4)12-13-35-5)24(25(29)17(2)3)26(32-22)31-20-9-7-8-19(28)14-20/h7-11,14-17,29H,6,12-13H2,1-5H3,(H,31,32). The lowest BCUT2D eigenvalue weighted by molar-refractivity contribution is 0.0519. The normalized spacial score (nSPS) is 10.9. The van der Waals surface area contributed by atoms with Crippen molar-refractivity contribution in [2.45, 2.75) is 20.8 Å². The number of hydrogen-bond donors (Lipinski definition) is 2. The maximum Gasteiger partial charge on any atom is 0.357 e. The van der Waals surface area contributed by atoms with E-state index in [2.05, 4.69) is 31.2 Å².